The van der Waals surface area contributed by atoms with Crippen molar-refractivity contribution in [3.8, 4) is 0 Å². The van der Waals surface area contributed by atoms with Crippen LogP contribution in [0.2, 0.25) is 0 Å². The molecule has 0 spiro atoms. The first-order chi connectivity index (χ1) is 8.33. The van der Waals surface area contributed by atoms with Gasteiger partial charge in [-0.15, -0.1) is 5.10 Å². The van der Waals surface area contributed by atoms with Gasteiger partial charge in [0.15, 0.2) is 0 Å². The van der Waals surface area contributed by atoms with Crippen molar-refractivity contribution in [2.24, 2.45) is 0 Å². The van der Waals surface area contributed by atoms with Crippen LogP contribution in [-0.4, -0.2) is 35.7 Å². The standard InChI is InChI=1S/C9H13N7S/c10-8-3-4-15(12-8)5-6-17-9-11-13-14-16(9)7-1-2-7/h3-4,7H,1-2,5-6H2,(H2,10,12). The second-order valence-corrected chi connectivity index (χ2v) is 5.05. The number of aryl methyl sites for hydroxylation is 1. The predicted molar refractivity (Wildman–Crippen MR) is 63.5 cm³/mol. The van der Waals surface area contributed by atoms with Crippen molar-refractivity contribution in [1.82, 2.24) is 30.0 Å². The summed E-state index contributed by atoms with van der Waals surface area (Å²) < 4.78 is 3.75. The van der Waals surface area contributed by atoms with Crippen LogP contribution in [0.5, 0.6) is 0 Å². The van der Waals surface area contributed by atoms with Crippen molar-refractivity contribution in [2.75, 3.05) is 11.5 Å². The zero-order chi connectivity index (χ0) is 11.7. The minimum Gasteiger partial charge on any atom is -0.382 e. The Morgan fingerprint density at radius 1 is 1.47 bits per heavy atom. The molecule has 1 saturated carbocycles. The lowest BCUT2D eigenvalue weighted by molar-refractivity contribution is 0.564. The Kier molecular flexibility index (Phi) is 2.71. The molecule has 8 heteroatoms. The van der Waals surface area contributed by atoms with Gasteiger partial charge in [-0.25, -0.2) is 4.68 Å². The summed E-state index contributed by atoms with van der Waals surface area (Å²) in [6.07, 6.45) is 4.25. The molecule has 2 heterocycles. The second kappa shape index (κ2) is 4.36. The Bertz CT molecular complexity index is 501. The number of tetrazole rings is 1. The maximum Gasteiger partial charge on any atom is 0.209 e. The lowest BCUT2D eigenvalue weighted by Gasteiger charge is -2.02. The first-order valence-corrected chi connectivity index (χ1v) is 6.51. The number of nitrogens with zero attached hydrogens (tertiary/aromatic N) is 6. The summed E-state index contributed by atoms with van der Waals surface area (Å²) in [5.74, 6) is 1.44. The van der Waals surface area contributed by atoms with E-state index in [-0.39, 0.29) is 0 Å². The fourth-order valence-corrected chi connectivity index (χ4v) is 2.43. The van der Waals surface area contributed by atoms with E-state index in [0.29, 0.717) is 11.9 Å². The fraction of sp³-hybridized carbons (Fsp3) is 0.556. The lowest BCUT2D eigenvalue weighted by Crippen LogP contribution is -2.04. The average Bonchev–Trinajstić information content (AvgIpc) is 2.92. The van der Waals surface area contributed by atoms with Crippen molar-refractivity contribution in [3.05, 3.63) is 12.3 Å². The molecule has 7 nitrogen and oxygen atoms in total. The molecular weight excluding hydrogens is 238 g/mol. The molecule has 2 aromatic heterocycles. The molecule has 1 aliphatic carbocycles. The van der Waals surface area contributed by atoms with Crippen molar-refractivity contribution in [3.63, 3.8) is 0 Å². The molecule has 17 heavy (non-hydrogen) atoms. The van der Waals surface area contributed by atoms with Crippen molar-refractivity contribution >= 4 is 17.6 Å². The molecule has 0 aromatic carbocycles. The fourth-order valence-electron chi connectivity index (χ4n) is 1.56. The number of nitrogen functional groups attached to an aromatic ring is 1. The molecule has 1 fully saturated rings. The van der Waals surface area contributed by atoms with Crippen molar-refractivity contribution < 1.29 is 0 Å². The number of thioether (sulfide) groups is 1. The molecule has 2 N–H and O–H groups in total. The highest BCUT2D eigenvalue weighted by Crippen LogP contribution is 2.36. The Morgan fingerprint density at radius 3 is 3.06 bits per heavy atom. The van der Waals surface area contributed by atoms with Crippen LogP contribution < -0.4 is 5.73 Å². The number of rotatable bonds is 5. The molecule has 0 unspecified atom stereocenters. The molecule has 0 bridgehead atoms. The molecule has 0 saturated heterocycles. The summed E-state index contributed by atoms with van der Waals surface area (Å²) in [7, 11) is 0. The van der Waals surface area contributed by atoms with Gasteiger partial charge in [0.05, 0.1) is 12.6 Å². The van der Waals surface area contributed by atoms with Gasteiger partial charge in [-0.1, -0.05) is 11.8 Å². The maximum atomic E-state index is 5.54. The summed E-state index contributed by atoms with van der Waals surface area (Å²) in [5, 5.41) is 16.8. The predicted octanol–water partition coefficient (Wildman–Crippen LogP) is 0.579. The second-order valence-electron chi connectivity index (χ2n) is 3.99. The van der Waals surface area contributed by atoms with E-state index in [0.717, 1.165) is 17.5 Å². The summed E-state index contributed by atoms with van der Waals surface area (Å²) in [6.45, 7) is 0.805. The normalized spacial score (nSPS) is 15.3. The number of nitrogens with two attached hydrogens (primary N) is 1. The Labute approximate surface area is 102 Å². The van der Waals surface area contributed by atoms with Gasteiger partial charge in [0.25, 0.3) is 0 Å². The van der Waals surface area contributed by atoms with Gasteiger partial charge < -0.3 is 5.73 Å². The minimum absolute atomic E-state index is 0.521. The number of anilines is 1. The van der Waals surface area contributed by atoms with Gasteiger partial charge in [-0.3, -0.25) is 4.68 Å². The van der Waals surface area contributed by atoms with E-state index in [4.69, 9.17) is 5.73 Å². The van der Waals surface area contributed by atoms with Crippen LogP contribution in [0.1, 0.15) is 18.9 Å². The average molecular weight is 251 g/mol. The van der Waals surface area contributed by atoms with Gasteiger partial charge in [0.1, 0.15) is 5.82 Å². The van der Waals surface area contributed by atoms with Crippen LogP contribution in [0.25, 0.3) is 0 Å². The Balaban J connectivity index is 1.55. The molecule has 0 amide bonds. The van der Waals surface area contributed by atoms with Gasteiger partial charge in [-0.2, -0.15) is 5.10 Å². The third-order valence-corrected chi connectivity index (χ3v) is 3.48. The van der Waals surface area contributed by atoms with Gasteiger partial charge in [-0.05, 0) is 29.3 Å². The number of hydrogen-bond donors (Lipinski definition) is 1. The number of aromatic nitrogens is 6. The van der Waals surface area contributed by atoms with Gasteiger partial charge in [0, 0.05) is 11.9 Å². The molecule has 0 radical (unpaired) electrons. The first-order valence-electron chi connectivity index (χ1n) is 5.52. The highest BCUT2D eigenvalue weighted by molar-refractivity contribution is 7.99. The summed E-state index contributed by atoms with van der Waals surface area (Å²) in [5.41, 5.74) is 5.54. The van der Waals surface area contributed by atoms with E-state index in [9.17, 15) is 0 Å². The molecular formula is C9H13N7S. The van der Waals surface area contributed by atoms with Gasteiger partial charge >= 0.3 is 0 Å². The van der Waals surface area contributed by atoms with Crippen LogP contribution in [0.4, 0.5) is 5.82 Å². The monoisotopic (exact) mass is 251 g/mol. The minimum atomic E-state index is 0.521. The SMILES string of the molecule is Nc1ccn(CCSc2nnnn2C2CC2)n1. The van der Waals surface area contributed by atoms with E-state index in [2.05, 4.69) is 20.6 Å². The van der Waals surface area contributed by atoms with E-state index in [1.807, 2.05) is 15.6 Å². The summed E-state index contributed by atoms with van der Waals surface area (Å²) in [6, 6.07) is 2.31. The quantitative estimate of drug-likeness (QED) is 0.782. The molecule has 3 rings (SSSR count). The highest BCUT2D eigenvalue weighted by atomic mass is 32.2. The van der Waals surface area contributed by atoms with Crippen LogP contribution in [0, 0.1) is 0 Å². The maximum absolute atomic E-state index is 5.54. The topological polar surface area (TPSA) is 87.4 Å². The zero-order valence-electron chi connectivity index (χ0n) is 9.23. The van der Waals surface area contributed by atoms with E-state index in [1.165, 1.54) is 12.8 Å². The summed E-state index contributed by atoms with van der Waals surface area (Å²) >= 11 is 1.65. The highest BCUT2D eigenvalue weighted by Gasteiger charge is 2.27. The van der Waals surface area contributed by atoms with Crippen LogP contribution in [0.15, 0.2) is 17.4 Å². The van der Waals surface area contributed by atoms with Crippen molar-refractivity contribution in [2.45, 2.75) is 30.6 Å². The first kappa shape index (κ1) is 10.6. The third-order valence-electron chi connectivity index (χ3n) is 2.57. The van der Waals surface area contributed by atoms with E-state index in [1.54, 1.807) is 17.8 Å². The van der Waals surface area contributed by atoms with Crippen LogP contribution >= 0.6 is 11.8 Å². The van der Waals surface area contributed by atoms with Gasteiger partial charge in [0.2, 0.25) is 5.16 Å². The molecule has 90 valence electrons. The zero-order valence-corrected chi connectivity index (χ0v) is 10.0. The summed E-state index contributed by atoms with van der Waals surface area (Å²) in [4.78, 5) is 0. The lowest BCUT2D eigenvalue weighted by atomic mass is 10.7. The molecule has 2 aromatic rings. The van der Waals surface area contributed by atoms with Crippen LogP contribution in [0.3, 0.4) is 0 Å². The molecule has 0 aliphatic heterocycles. The Morgan fingerprint density at radius 2 is 2.35 bits per heavy atom. The van der Waals surface area contributed by atoms with E-state index < -0.39 is 0 Å². The largest absolute Gasteiger partial charge is 0.382 e. The smallest absolute Gasteiger partial charge is 0.209 e. The Hall–Kier alpha value is -1.57. The van der Waals surface area contributed by atoms with Crippen LogP contribution in [-0.2, 0) is 6.54 Å². The number of hydrogen-bond acceptors (Lipinski definition) is 6. The van der Waals surface area contributed by atoms with Crippen molar-refractivity contribution in [1.29, 1.82) is 0 Å². The third kappa shape index (κ3) is 2.41. The van der Waals surface area contributed by atoms with E-state index >= 15 is 0 Å². The molecule has 1 aliphatic rings. The molecule has 0 atom stereocenters.